The van der Waals surface area contributed by atoms with Crippen LogP contribution in [0.2, 0.25) is 0 Å². The lowest BCUT2D eigenvalue weighted by molar-refractivity contribution is -0.148. The largest absolute Gasteiger partial charge is 0.481 e. The van der Waals surface area contributed by atoms with Gasteiger partial charge in [0.2, 0.25) is 0 Å². The maximum atomic E-state index is 16.8. The third-order valence-corrected chi connectivity index (χ3v) is 10.2. The molecule has 0 saturated heterocycles. The van der Waals surface area contributed by atoms with Crippen LogP contribution in [0.3, 0.4) is 0 Å². The molecule has 3 aromatic carbocycles. The van der Waals surface area contributed by atoms with E-state index in [0.717, 1.165) is 42.4 Å². The summed E-state index contributed by atoms with van der Waals surface area (Å²) in [7, 11) is 0. The van der Waals surface area contributed by atoms with E-state index in [1.165, 1.54) is 6.20 Å². The number of fused-ring (bicyclic) bond motifs is 4. The predicted octanol–water partition coefficient (Wildman–Crippen LogP) is 7.24. The van der Waals surface area contributed by atoms with Gasteiger partial charge in [-0.3, -0.25) is 14.9 Å². The number of hydrogen-bond acceptors (Lipinski definition) is 6. The number of hydrogen-bond donors (Lipinski definition) is 3. The molecule has 0 spiro atoms. The molecule has 3 aliphatic carbocycles. The highest BCUT2D eigenvalue weighted by molar-refractivity contribution is 5.95. The van der Waals surface area contributed by atoms with Gasteiger partial charge in [0.15, 0.2) is 5.65 Å². The molecule has 3 saturated carbocycles. The number of carbonyl (C=O) groups is 1. The minimum absolute atomic E-state index is 0.154. The van der Waals surface area contributed by atoms with E-state index >= 15 is 4.39 Å². The summed E-state index contributed by atoms with van der Waals surface area (Å²) in [5.74, 6) is -0.851. The lowest BCUT2D eigenvalue weighted by Gasteiger charge is -2.47. The number of aliphatic carboxylic acids is 1. The SMILES string of the molecule is O=C(O)C1C2CCC(CC2)C1Nc1cncc(-c2[nH]nc3ncc(F)c(C(c4ccccc4)(c4ccccc4)c4ccccc4)c23)n1. The number of pyridine rings is 1. The van der Waals surface area contributed by atoms with E-state index in [4.69, 9.17) is 4.98 Å². The van der Waals surface area contributed by atoms with Crippen molar-refractivity contribution in [1.29, 1.82) is 0 Å². The summed E-state index contributed by atoms with van der Waals surface area (Å²) < 4.78 is 16.8. The highest BCUT2D eigenvalue weighted by Crippen LogP contribution is 2.50. The summed E-state index contributed by atoms with van der Waals surface area (Å²) in [4.78, 5) is 26.2. The maximum absolute atomic E-state index is 16.8. The van der Waals surface area contributed by atoms with Gasteiger partial charge in [0.1, 0.15) is 17.3 Å². The maximum Gasteiger partial charge on any atom is 0.308 e. The third-order valence-electron chi connectivity index (χ3n) is 10.2. The first-order valence-electron chi connectivity index (χ1n) is 16.1. The summed E-state index contributed by atoms with van der Waals surface area (Å²) in [6.07, 6.45) is 8.35. The van der Waals surface area contributed by atoms with Crippen molar-refractivity contribution in [3.8, 4) is 11.4 Å². The molecule has 6 aromatic rings. The van der Waals surface area contributed by atoms with Crippen LogP contribution in [-0.4, -0.2) is 42.3 Å². The Balaban J connectivity index is 1.34. The number of carboxylic acids is 1. The molecule has 3 aliphatic rings. The van der Waals surface area contributed by atoms with Gasteiger partial charge >= 0.3 is 5.97 Å². The van der Waals surface area contributed by atoms with Gasteiger partial charge in [-0.05, 0) is 54.2 Å². The van der Waals surface area contributed by atoms with Crippen molar-refractivity contribution in [2.45, 2.75) is 37.1 Å². The number of rotatable bonds is 8. The van der Waals surface area contributed by atoms with Crippen LogP contribution in [0.15, 0.2) is 110 Å². The first kappa shape index (κ1) is 29.0. The molecule has 2 atom stereocenters. The second kappa shape index (κ2) is 11.7. The average molecular weight is 625 g/mol. The minimum atomic E-state index is -1.09. The van der Waals surface area contributed by atoms with Gasteiger partial charge in [0, 0.05) is 11.6 Å². The van der Waals surface area contributed by atoms with Gasteiger partial charge in [-0.15, -0.1) is 0 Å². The molecule has 2 unspecified atom stereocenters. The molecular formula is C38H33FN6O2. The number of halogens is 1. The van der Waals surface area contributed by atoms with E-state index < -0.39 is 23.1 Å². The normalized spacial score (nSPS) is 20.7. The molecule has 234 valence electrons. The second-order valence-electron chi connectivity index (χ2n) is 12.6. The monoisotopic (exact) mass is 624 g/mol. The first-order valence-corrected chi connectivity index (χ1v) is 16.1. The molecule has 0 aliphatic heterocycles. The number of nitrogens with zero attached hydrogens (tertiary/aromatic N) is 4. The van der Waals surface area contributed by atoms with E-state index in [-0.39, 0.29) is 17.9 Å². The highest BCUT2D eigenvalue weighted by atomic mass is 19.1. The number of aromatic nitrogens is 5. The first-order chi connectivity index (χ1) is 23.1. The molecule has 0 amide bonds. The molecule has 47 heavy (non-hydrogen) atoms. The number of carboxylic acid groups (broad SMARTS) is 1. The zero-order valence-electron chi connectivity index (χ0n) is 25.6. The van der Waals surface area contributed by atoms with Crippen molar-refractivity contribution in [3.05, 3.63) is 138 Å². The van der Waals surface area contributed by atoms with E-state index in [1.807, 2.05) is 91.0 Å². The van der Waals surface area contributed by atoms with Crippen molar-refractivity contribution in [3.63, 3.8) is 0 Å². The van der Waals surface area contributed by atoms with Gasteiger partial charge in [-0.1, -0.05) is 91.0 Å². The molecule has 3 fully saturated rings. The lowest BCUT2D eigenvalue weighted by Crippen LogP contribution is -2.51. The number of aromatic amines is 1. The summed E-state index contributed by atoms with van der Waals surface area (Å²) in [6.45, 7) is 0. The molecule has 9 heteroatoms. The van der Waals surface area contributed by atoms with Crippen LogP contribution in [0, 0.1) is 23.6 Å². The molecule has 9 rings (SSSR count). The van der Waals surface area contributed by atoms with Crippen molar-refractivity contribution < 1.29 is 14.3 Å². The Morgan fingerprint density at radius 2 is 1.38 bits per heavy atom. The fourth-order valence-electron chi connectivity index (χ4n) is 8.25. The summed E-state index contributed by atoms with van der Waals surface area (Å²) >= 11 is 0. The van der Waals surface area contributed by atoms with E-state index in [1.54, 1.807) is 12.4 Å². The third kappa shape index (κ3) is 4.76. The number of anilines is 1. The Hall–Kier alpha value is -5.44. The fraction of sp³-hybridized carbons (Fsp3) is 0.237. The Bertz CT molecular complexity index is 1950. The van der Waals surface area contributed by atoms with Gasteiger partial charge in [-0.25, -0.2) is 14.4 Å². The van der Waals surface area contributed by atoms with E-state index in [2.05, 4.69) is 25.5 Å². The molecule has 0 radical (unpaired) electrons. The summed E-state index contributed by atoms with van der Waals surface area (Å²) in [6, 6.07) is 29.5. The van der Waals surface area contributed by atoms with E-state index in [9.17, 15) is 9.90 Å². The molecular weight excluding hydrogens is 591 g/mol. The zero-order chi connectivity index (χ0) is 32.0. The molecule has 8 nitrogen and oxygen atoms in total. The molecule has 3 heterocycles. The summed E-state index contributed by atoms with van der Waals surface area (Å²) in [5.41, 5.74) is 3.21. The minimum Gasteiger partial charge on any atom is -0.481 e. The molecule has 3 aromatic heterocycles. The molecule has 3 N–H and O–H groups in total. The predicted molar refractivity (Wildman–Crippen MR) is 177 cm³/mol. The van der Waals surface area contributed by atoms with Gasteiger partial charge in [0.05, 0.1) is 41.0 Å². The zero-order valence-corrected chi connectivity index (χ0v) is 25.6. The van der Waals surface area contributed by atoms with Crippen LogP contribution >= 0.6 is 0 Å². The van der Waals surface area contributed by atoms with Gasteiger partial charge in [-0.2, -0.15) is 5.10 Å². The van der Waals surface area contributed by atoms with Crippen LogP contribution in [-0.2, 0) is 10.2 Å². The second-order valence-corrected chi connectivity index (χ2v) is 12.6. The number of H-pyrrole nitrogens is 1. The van der Waals surface area contributed by atoms with Crippen LogP contribution in [0.1, 0.15) is 47.9 Å². The van der Waals surface area contributed by atoms with Crippen LogP contribution < -0.4 is 5.32 Å². The fourth-order valence-corrected chi connectivity index (χ4v) is 8.25. The Morgan fingerprint density at radius 1 is 0.809 bits per heavy atom. The Labute approximate surface area is 271 Å². The lowest BCUT2D eigenvalue weighted by atomic mass is 9.61. The Morgan fingerprint density at radius 3 is 1.96 bits per heavy atom. The van der Waals surface area contributed by atoms with Crippen LogP contribution in [0.4, 0.5) is 10.2 Å². The number of nitrogens with one attached hydrogen (secondary N) is 2. The van der Waals surface area contributed by atoms with Crippen molar-refractivity contribution in [2.24, 2.45) is 17.8 Å². The Kier molecular flexibility index (Phi) is 7.24. The number of benzene rings is 3. The smallest absolute Gasteiger partial charge is 0.308 e. The highest BCUT2D eigenvalue weighted by Gasteiger charge is 2.47. The van der Waals surface area contributed by atoms with Gasteiger partial charge in [0.25, 0.3) is 0 Å². The standard InChI is InChI=1S/C38H33FN6O2/c39-28-20-41-36-32(33(28)38(25-10-4-1-5-11-25,26-12-6-2-7-13-26)27-14-8-3-9-15-27)35(44-45-36)29-21-40-22-30(42-29)43-34-24-18-16-23(17-19-24)31(34)37(46)47/h1-15,20-24,31,34H,16-19H2,(H,42,43)(H,46,47)(H,41,44,45). The summed E-state index contributed by atoms with van der Waals surface area (Å²) in [5, 5.41) is 21.7. The molecule has 2 bridgehead atoms. The average Bonchev–Trinajstić information content (AvgIpc) is 3.55. The van der Waals surface area contributed by atoms with Crippen molar-refractivity contribution >= 4 is 22.8 Å². The van der Waals surface area contributed by atoms with Gasteiger partial charge < -0.3 is 10.4 Å². The van der Waals surface area contributed by atoms with Crippen molar-refractivity contribution in [2.75, 3.05) is 5.32 Å². The van der Waals surface area contributed by atoms with Crippen LogP contribution in [0.5, 0.6) is 0 Å². The van der Waals surface area contributed by atoms with Crippen molar-refractivity contribution in [1.82, 2.24) is 25.1 Å². The van der Waals surface area contributed by atoms with E-state index in [0.29, 0.717) is 33.8 Å². The topological polar surface area (TPSA) is 117 Å². The quantitative estimate of drug-likeness (QED) is 0.153. The van der Waals surface area contributed by atoms with Crippen LogP contribution in [0.25, 0.3) is 22.4 Å².